The first-order chi connectivity index (χ1) is 15.0. The van der Waals surface area contributed by atoms with Gasteiger partial charge in [-0.2, -0.15) is 4.31 Å². The van der Waals surface area contributed by atoms with Gasteiger partial charge >= 0.3 is 0 Å². The first kappa shape index (κ1) is 25.5. The molecular formula is C24H33N3O4S. The zero-order valence-corrected chi connectivity index (χ0v) is 20.4. The molecule has 0 unspecified atom stereocenters. The molecule has 0 spiro atoms. The summed E-state index contributed by atoms with van der Waals surface area (Å²) in [5.41, 5.74) is 2.90. The van der Waals surface area contributed by atoms with Crippen LogP contribution in [0.4, 0.5) is 5.69 Å². The third kappa shape index (κ3) is 5.75. The van der Waals surface area contributed by atoms with E-state index in [1.54, 1.807) is 13.8 Å². The number of sulfonamides is 1. The van der Waals surface area contributed by atoms with Crippen molar-refractivity contribution in [3.8, 4) is 0 Å². The Hall–Kier alpha value is -2.71. The normalized spacial score (nSPS) is 12.6. The summed E-state index contributed by atoms with van der Waals surface area (Å²) in [4.78, 5) is 25.9. The van der Waals surface area contributed by atoms with Crippen LogP contribution < -0.4 is 10.6 Å². The number of hydrogen-bond donors (Lipinski definition) is 2. The van der Waals surface area contributed by atoms with E-state index in [2.05, 4.69) is 10.6 Å². The van der Waals surface area contributed by atoms with E-state index in [-0.39, 0.29) is 22.3 Å². The van der Waals surface area contributed by atoms with Crippen molar-refractivity contribution in [1.29, 1.82) is 0 Å². The van der Waals surface area contributed by atoms with Crippen LogP contribution in [0.15, 0.2) is 47.4 Å². The Morgan fingerprint density at radius 1 is 1.00 bits per heavy atom. The van der Waals surface area contributed by atoms with E-state index in [1.807, 2.05) is 45.9 Å². The lowest BCUT2D eigenvalue weighted by Gasteiger charge is -2.23. The molecule has 8 heteroatoms. The van der Waals surface area contributed by atoms with Crippen LogP contribution in [0.2, 0.25) is 0 Å². The molecule has 1 atom stereocenters. The minimum atomic E-state index is -3.69. The number of carbonyl (C=O) groups is 2. The van der Waals surface area contributed by atoms with Crippen molar-refractivity contribution in [1.82, 2.24) is 9.62 Å². The number of anilines is 1. The summed E-state index contributed by atoms with van der Waals surface area (Å²) in [7, 11) is -3.69. The summed E-state index contributed by atoms with van der Waals surface area (Å²) < 4.78 is 26.9. The predicted octanol–water partition coefficient (Wildman–Crippen LogP) is 3.73. The summed E-state index contributed by atoms with van der Waals surface area (Å²) in [5, 5.41) is 5.66. The van der Waals surface area contributed by atoms with E-state index in [0.717, 1.165) is 11.1 Å². The fourth-order valence-electron chi connectivity index (χ4n) is 3.37. The highest BCUT2D eigenvalue weighted by molar-refractivity contribution is 7.89. The summed E-state index contributed by atoms with van der Waals surface area (Å²) in [6.07, 6.45) is 0. The molecule has 0 aromatic heterocycles. The molecular weight excluding hydrogens is 426 g/mol. The van der Waals surface area contributed by atoms with Crippen molar-refractivity contribution in [2.45, 2.75) is 52.5 Å². The molecule has 32 heavy (non-hydrogen) atoms. The molecule has 0 aliphatic carbocycles. The van der Waals surface area contributed by atoms with E-state index in [0.29, 0.717) is 18.8 Å². The molecule has 7 nitrogen and oxygen atoms in total. The van der Waals surface area contributed by atoms with Gasteiger partial charge in [-0.15, -0.1) is 0 Å². The summed E-state index contributed by atoms with van der Waals surface area (Å²) in [5.74, 6) is -1.00. The average Bonchev–Trinajstić information content (AvgIpc) is 2.75. The van der Waals surface area contributed by atoms with Crippen LogP contribution in [0, 0.1) is 19.8 Å². The molecule has 2 amide bonds. The summed E-state index contributed by atoms with van der Waals surface area (Å²) in [6, 6.07) is 10.8. The molecule has 0 aliphatic rings. The van der Waals surface area contributed by atoms with Crippen LogP contribution >= 0.6 is 0 Å². The topological polar surface area (TPSA) is 95.6 Å². The molecule has 2 aromatic rings. The third-order valence-electron chi connectivity index (χ3n) is 5.54. The number of amides is 2. The first-order valence-corrected chi connectivity index (χ1v) is 12.2. The maximum absolute atomic E-state index is 12.9. The van der Waals surface area contributed by atoms with Crippen LogP contribution in [0.25, 0.3) is 0 Å². The molecule has 2 N–H and O–H groups in total. The standard InChI is InChI=1S/C24H33N3O4S/c1-7-27(8-2)32(30,31)20-13-10-12-19(15-20)23(28)26-22(16(3)4)24(29)25-21-14-9-11-17(5)18(21)6/h9-16,22H,7-8H2,1-6H3,(H,25,29)(H,26,28)/t22-/m1/s1. The largest absolute Gasteiger partial charge is 0.340 e. The summed E-state index contributed by atoms with van der Waals surface area (Å²) >= 11 is 0. The maximum Gasteiger partial charge on any atom is 0.251 e. The molecule has 174 valence electrons. The highest BCUT2D eigenvalue weighted by Gasteiger charge is 2.27. The van der Waals surface area contributed by atoms with Gasteiger partial charge in [0.1, 0.15) is 6.04 Å². The zero-order valence-electron chi connectivity index (χ0n) is 19.6. The van der Waals surface area contributed by atoms with Crippen LogP contribution in [0.5, 0.6) is 0 Å². The number of hydrogen-bond acceptors (Lipinski definition) is 4. The second-order valence-corrected chi connectivity index (χ2v) is 9.99. The Morgan fingerprint density at radius 2 is 1.62 bits per heavy atom. The van der Waals surface area contributed by atoms with Crippen molar-refractivity contribution in [3.05, 3.63) is 59.2 Å². The fraction of sp³-hybridized carbons (Fsp3) is 0.417. The zero-order chi connectivity index (χ0) is 24.1. The Bertz CT molecular complexity index is 1080. The second-order valence-electron chi connectivity index (χ2n) is 8.05. The molecule has 0 aliphatic heterocycles. The second kappa shape index (κ2) is 10.7. The van der Waals surface area contributed by atoms with E-state index >= 15 is 0 Å². The van der Waals surface area contributed by atoms with E-state index in [1.165, 1.54) is 28.6 Å². The van der Waals surface area contributed by atoms with Crippen molar-refractivity contribution >= 4 is 27.5 Å². The quantitative estimate of drug-likeness (QED) is 0.597. The molecule has 0 saturated carbocycles. The molecule has 2 aromatic carbocycles. The van der Waals surface area contributed by atoms with E-state index in [4.69, 9.17) is 0 Å². The first-order valence-electron chi connectivity index (χ1n) is 10.8. The minimum absolute atomic E-state index is 0.0507. The summed E-state index contributed by atoms with van der Waals surface area (Å²) in [6.45, 7) is 11.8. The fourth-order valence-corrected chi connectivity index (χ4v) is 4.87. The molecule has 0 radical (unpaired) electrons. The Labute approximate surface area is 191 Å². The highest BCUT2D eigenvalue weighted by Crippen LogP contribution is 2.20. The lowest BCUT2D eigenvalue weighted by molar-refractivity contribution is -0.118. The minimum Gasteiger partial charge on any atom is -0.340 e. The van der Waals surface area contributed by atoms with Gasteiger partial charge in [0.25, 0.3) is 5.91 Å². The van der Waals surface area contributed by atoms with Gasteiger partial charge in [-0.05, 0) is 55.2 Å². The molecule has 0 heterocycles. The van der Waals surface area contributed by atoms with Crippen molar-refractivity contribution in [3.63, 3.8) is 0 Å². The van der Waals surface area contributed by atoms with Gasteiger partial charge in [-0.25, -0.2) is 8.42 Å². The Kier molecular flexibility index (Phi) is 8.58. The van der Waals surface area contributed by atoms with Crippen LogP contribution in [-0.4, -0.2) is 43.7 Å². The lowest BCUT2D eigenvalue weighted by atomic mass is 10.0. The van der Waals surface area contributed by atoms with E-state index in [9.17, 15) is 18.0 Å². The third-order valence-corrected chi connectivity index (χ3v) is 7.58. The number of nitrogens with zero attached hydrogens (tertiary/aromatic N) is 1. The van der Waals surface area contributed by atoms with Crippen LogP contribution in [0.1, 0.15) is 49.2 Å². The van der Waals surface area contributed by atoms with Gasteiger partial charge in [0.05, 0.1) is 4.90 Å². The molecule has 0 saturated heterocycles. The Balaban J connectivity index is 2.25. The molecule has 0 fully saturated rings. The number of nitrogens with one attached hydrogen (secondary N) is 2. The van der Waals surface area contributed by atoms with Gasteiger partial charge in [-0.3, -0.25) is 9.59 Å². The number of rotatable bonds is 9. The van der Waals surface area contributed by atoms with Gasteiger partial charge in [-0.1, -0.05) is 45.9 Å². The van der Waals surface area contributed by atoms with Gasteiger partial charge in [0.15, 0.2) is 0 Å². The van der Waals surface area contributed by atoms with Crippen LogP contribution in [0.3, 0.4) is 0 Å². The SMILES string of the molecule is CCN(CC)S(=O)(=O)c1cccc(C(=O)N[C@@H](C(=O)Nc2cccc(C)c2C)C(C)C)c1. The maximum atomic E-state index is 12.9. The van der Waals surface area contributed by atoms with Gasteiger partial charge < -0.3 is 10.6 Å². The lowest BCUT2D eigenvalue weighted by Crippen LogP contribution is -2.47. The highest BCUT2D eigenvalue weighted by atomic mass is 32.2. The monoisotopic (exact) mass is 459 g/mol. The average molecular weight is 460 g/mol. The number of carbonyl (C=O) groups excluding carboxylic acids is 2. The van der Waals surface area contributed by atoms with Crippen molar-refractivity contribution in [2.24, 2.45) is 5.92 Å². The Morgan fingerprint density at radius 3 is 2.22 bits per heavy atom. The molecule has 2 rings (SSSR count). The number of benzene rings is 2. The number of aryl methyl sites for hydroxylation is 1. The van der Waals surface area contributed by atoms with E-state index < -0.39 is 22.0 Å². The van der Waals surface area contributed by atoms with Gasteiger partial charge in [0, 0.05) is 24.3 Å². The molecule has 0 bridgehead atoms. The van der Waals surface area contributed by atoms with Crippen LogP contribution in [-0.2, 0) is 14.8 Å². The predicted molar refractivity (Wildman–Crippen MR) is 127 cm³/mol. The van der Waals surface area contributed by atoms with Crippen molar-refractivity contribution < 1.29 is 18.0 Å². The smallest absolute Gasteiger partial charge is 0.251 e. The van der Waals surface area contributed by atoms with Gasteiger partial charge in [0.2, 0.25) is 15.9 Å². The van der Waals surface area contributed by atoms with Crippen molar-refractivity contribution in [2.75, 3.05) is 18.4 Å².